The van der Waals surface area contributed by atoms with E-state index in [4.69, 9.17) is 0 Å². The van der Waals surface area contributed by atoms with Crippen LogP contribution in [0.25, 0.3) is 0 Å². The molecule has 0 saturated carbocycles. The van der Waals surface area contributed by atoms with E-state index in [1.54, 1.807) is 4.90 Å². The summed E-state index contributed by atoms with van der Waals surface area (Å²) < 4.78 is 0. The van der Waals surface area contributed by atoms with Crippen LogP contribution in [0.5, 0.6) is 0 Å². The summed E-state index contributed by atoms with van der Waals surface area (Å²) in [4.78, 5) is 13.6. The summed E-state index contributed by atoms with van der Waals surface area (Å²) in [6.45, 7) is 5.37. The monoisotopic (exact) mass is 234 g/mol. The molecule has 1 rings (SSSR count). The van der Waals surface area contributed by atoms with E-state index in [9.17, 15) is 4.79 Å². The first-order chi connectivity index (χ1) is 8.13. The third-order valence-electron chi connectivity index (χ3n) is 2.73. The fourth-order valence-corrected chi connectivity index (χ4v) is 1.59. The third kappa shape index (κ3) is 4.89. The first kappa shape index (κ1) is 13.6. The van der Waals surface area contributed by atoms with Crippen molar-refractivity contribution in [3.05, 3.63) is 29.8 Å². The number of benzene rings is 1. The van der Waals surface area contributed by atoms with Gasteiger partial charge in [0.25, 0.3) is 0 Å². The van der Waals surface area contributed by atoms with E-state index in [1.165, 1.54) is 5.56 Å². The molecule has 3 heteroatoms. The van der Waals surface area contributed by atoms with E-state index in [-0.39, 0.29) is 5.91 Å². The minimum atomic E-state index is 0.139. The Hall–Kier alpha value is -1.51. The Bertz CT molecular complexity index is 363. The molecule has 17 heavy (non-hydrogen) atoms. The molecule has 0 unspecified atom stereocenters. The highest BCUT2D eigenvalue weighted by atomic mass is 16.2. The zero-order chi connectivity index (χ0) is 12.7. The Balaban J connectivity index is 2.37. The van der Waals surface area contributed by atoms with Crippen LogP contribution in [0.4, 0.5) is 5.69 Å². The van der Waals surface area contributed by atoms with Crippen LogP contribution in [0.1, 0.15) is 25.3 Å². The van der Waals surface area contributed by atoms with E-state index in [1.807, 2.05) is 38.2 Å². The van der Waals surface area contributed by atoms with Gasteiger partial charge in [-0.3, -0.25) is 4.79 Å². The Kier molecular flexibility index (Phi) is 5.53. The van der Waals surface area contributed by atoms with Crippen molar-refractivity contribution in [1.29, 1.82) is 0 Å². The Morgan fingerprint density at radius 3 is 2.82 bits per heavy atom. The van der Waals surface area contributed by atoms with Crippen LogP contribution in [0.2, 0.25) is 0 Å². The molecule has 1 N–H and O–H groups in total. The van der Waals surface area contributed by atoms with Gasteiger partial charge in [-0.05, 0) is 31.0 Å². The maximum Gasteiger partial charge on any atom is 0.241 e. The lowest BCUT2D eigenvalue weighted by molar-refractivity contribution is -0.128. The summed E-state index contributed by atoms with van der Waals surface area (Å²) in [5.74, 6) is 0.139. The minimum Gasteiger partial charge on any atom is -0.376 e. The summed E-state index contributed by atoms with van der Waals surface area (Å²) in [6, 6.07) is 8.05. The van der Waals surface area contributed by atoms with Gasteiger partial charge in [0.15, 0.2) is 0 Å². The van der Waals surface area contributed by atoms with Crippen LogP contribution >= 0.6 is 0 Å². The lowest BCUT2D eigenvalue weighted by Crippen LogP contribution is -2.32. The van der Waals surface area contributed by atoms with Crippen molar-refractivity contribution in [3.8, 4) is 0 Å². The molecule has 0 aliphatic rings. The molecule has 0 atom stereocenters. The standard InChI is InChI=1S/C14H22N2O/c1-4-5-9-16(3)14(17)11-15-13-8-6-7-12(2)10-13/h6-8,10,15H,4-5,9,11H2,1-3H3. The predicted molar refractivity (Wildman–Crippen MR) is 72.2 cm³/mol. The predicted octanol–water partition coefficient (Wildman–Crippen LogP) is 2.67. The van der Waals surface area contributed by atoms with Gasteiger partial charge < -0.3 is 10.2 Å². The molecule has 0 fully saturated rings. The van der Waals surface area contributed by atoms with Crippen molar-refractivity contribution >= 4 is 11.6 Å². The maximum atomic E-state index is 11.8. The number of amides is 1. The molecule has 1 amide bonds. The first-order valence-electron chi connectivity index (χ1n) is 6.18. The minimum absolute atomic E-state index is 0.139. The van der Waals surface area contributed by atoms with Crippen LogP contribution in [-0.4, -0.2) is 30.9 Å². The van der Waals surface area contributed by atoms with Gasteiger partial charge in [0, 0.05) is 19.3 Å². The normalized spacial score (nSPS) is 10.1. The average Bonchev–Trinajstić information content (AvgIpc) is 2.33. The number of carbonyl (C=O) groups excluding carboxylic acids is 1. The molecule has 0 aliphatic heterocycles. The number of nitrogens with one attached hydrogen (secondary N) is 1. The van der Waals surface area contributed by atoms with E-state index < -0.39 is 0 Å². The number of hydrogen-bond donors (Lipinski definition) is 1. The lowest BCUT2D eigenvalue weighted by Gasteiger charge is -2.17. The molecule has 0 saturated heterocycles. The Morgan fingerprint density at radius 2 is 2.18 bits per heavy atom. The van der Waals surface area contributed by atoms with Crippen molar-refractivity contribution in [1.82, 2.24) is 4.90 Å². The summed E-state index contributed by atoms with van der Waals surface area (Å²) in [5.41, 5.74) is 2.20. The summed E-state index contributed by atoms with van der Waals surface area (Å²) >= 11 is 0. The van der Waals surface area contributed by atoms with E-state index in [0.717, 1.165) is 25.1 Å². The third-order valence-corrected chi connectivity index (χ3v) is 2.73. The van der Waals surface area contributed by atoms with Gasteiger partial charge >= 0.3 is 0 Å². The molecule has 1 aromatic rings. The molecule has 0 aromatic heterocycles. The molecule has 0 bridgehead atoms. The van der Waals surface area contributed by atoms with Gasteiger partial charge in [-0.25, -0.2) is 0 Å². The molecule has 0 spiro atoms. The molecule has 1 aromatic carbocycles. The number of carbonyl (C=O) groups is 1. The number of likely N-dealkylation sites (N-methyl/N-ethyl adjacent to an activating group) is 1. The molecular weight excluding hydrogens is 212 g/mol. The van der Waals surface area contributed by atoms with E-state index in [0.29, 0.717) is 6.54 Å². The molecule has 0 radical (unpaired) electrons. The fraction of sp³-hybridized carbons (Fsp3) is 0.500. The number of nitrogens with zero attached hydrogens (tertiary/aromatic N) is 1. The van der Waals surface area contributed by atoms with Gasteiger partial charge in [-0.1, -0.05) is 25.5 Å². The highest BCUT2D eigenvalue weighted by Crippen LogP contribution is 2.09. The molecule has 3 nitrogen and oxygen atoms in total. The SMILES string of the molecule is CCCCN(C)C(=O)CNc1cccc(C)c1. The van der Waals surface area contributed by atoms with E-state index >= 15 is 0 Å². The topological polar surface area (TPSA) is 32.3 Å². The average molecular weight is 234 g/mol. The summed E-state index contributed by atoms with van der Waals surface area (Å²) in [7, 11) is 1.86. The summed E-state index contributed by atoms with van der Waals surface area (Å²) in [5, 5.41) is 3.15. The number of hydrogen-bond acceptors (Lipinski definition) is 2. The fourth-order valence-electron chi connectivity index (χ4n) is 1.59. The zero-order valence-corrected chi connectivity index (χ0v) is 11.0. The first-order valence-corrected chi connectivity index (χ1v) is 6.18. The Labute approximate surface area is 104 Å². The van der Waals surface area contributed by atoms with Gasteiger partial charge in [0.2, 0.25) is 5.91 Å². The lowest BCUT2D eigenvalue weighted by atomic mass is 10.2. The number of aryl methyl sites for hydroxylation is 1. The van der Waals surface area contributed by atoms with Gasteiger partial charge in [-0.2, -0.15) is 0 Å². The maximum absolute atomic E-state index is 11.8. The van der Waals surface area contributed by atoms with Crippen molar-refractivity contribution in [2.75, 3.05) is 25.5 Å². The van der Waals surface area contributed by atoms with Gasteiger partial charge in [0.05, 0.1) is 6.54 Å². The summed E-state index contributed by atoms with van der Waals surface area (Å²) in [6.07, 6.45) is 2.18. The molecule has 0 heterocycles. The highest BCUT2D eigenvalue weighted by Gasteiger charge is 2.07. The Morgan fingerprint density at radius 1 is 1.41 bits per heavy atom. The molecule has 94 valence electrons. The van der Waals surface area contributed by atoms with Crippen LogP contribution in [0.3, 0.4) is 0 Å². The van der Waals surface area contributed by atoms with Crippen LogP contribution in [0.15, 0.2) is 24.3 Å². The molecule has 0 aliphatic carbocycles. The second kappa shape index (κ2) is 6.94. The second-order valence-corrected chi connectivity index (χ2v) is 4.39. The van der Waals surface area contributed by atoms with Crippen molar-refractivity contribution in [2.45, 2.75) is 26.7 Å². The van der Waals surface area contributed by atoms with Crippen LogP contribution in [0, 0.1) is 6.92 Å². The van der Waals surface area contributed by atoms with Crippen LogP contribution in [-0.2, 0) is 4.79 Å². The molecular formula is C14H22N2O. The van der Waals surface area contributed by atoms with E-state index in [2.05, 4.69) is 12.2 Å². The second-order valence-electron chi connectivity index (χ2n) is 4.39. The van der Waals surface area contributed by atoms with Crippen LogP contribution < -0.4 is 5.32 Å². The zero-order valence-electron chi connectivity index (χ0n) is 11.0. The van der Waals surface area contributed by atoms with Crippen molar-refractivity contribution in [2.24, 2.45) is 0 Å². The van der Waals surface area contributed by atoms with Gasteiger partial charge in [-0.15, -0.1) is 0 Å². The highest BCUT2D eigenvalue weighted by molar-refractivity contribution is 5.80. The number of unbranched alkanes of at least 4 members (excludes halogenated alkanes) is 1. The quantitative estimate of drug-likeness (QED) is 0.820. The van der Waals surface area contributed by atoms with Crippen molar-refractivity contribution in [3.63, 3.8) is 0 Å². The smallest absolute Gasteiger partial charge is 0.241 e. The number of anilines is 1. The largest absolute Gasteiger partial charge is 0.376 e. The number of rotatable bonds is 6. The van der Waals surface area contributed by atoms with Crippen molar-refractivity contribution < 1.29 is 4.79 Å². The van der Waals surface area contributed by atoms with Gasteiger partial charge in [0.1, 0.15) is 0 Å².